The second-order valence-corrected chi connectivity index (χ2v) is 8.31. The van der Waals surface area contributed by atoms with Crippen LogP contribution in [-0.4, -0.2) is 68.4 Å². The van der Waals surface area contributed by atoms with Crippen LogP contribution < -0.4 is 24.5 Å². The number of ether oxygens (including phenoxy) is 3. The van der Waals surface area contributed by atoms with Gasteiger partial charge in [-0.05, 0) is 31.2 Å². The van der Waals surface area contributed by atoms with Crippen LogP contribution in [-0.2, 0) is 11.2 Å². The molecule has 0 saturated carbocycles. The largest absolute Gasteiger partial charge is 0.497 e. The molecule has 0 amide bonds. The SMILES string of the molecule is CCc1cc(NN2CCN(c3cc(OC)cc(OC)c3)CC2C(=O)SC)c(OC)nc1C. The maximum Gasteiger partial charge on any atom is 0.238 e. The highest BCUT2D eigenvalue weighted by atomic mass is 32.2. The lowest BCUT2D eigenvalue weighted by atomic mass is 10.1. The van der Waals surface area contributed by atoms with Gasteiger partial charge in [0.1, 0.15) is 23.2 Å². The monoisotopic (exact) mass is 460 g/mol. The fraction of sp³-hybridized carbons (Fsp3) is 0.478. The molecule has 0 spiro atoms. The van der Waals surface area contributed by atoms with Crippen molar-refractivity contribution in [3.05, 3.63) is 35.5 Å². The van der Waals surface area contributed by atoms with Gasteiger partial charge in [0, 0.05) is 49.2 Å². The molecule has 1 unspecified atom stereocenters. The van der Waals surface area contributed by atoms with E-state index in [4.69, 9.17) is 14.2 Å². The fourth-order valence-electron chi connectivity index (χ4n) is 3.84. The molecule has 1 aliphatic rings. The summed E-state index contributed by atoms with van der Waals surface area (Å²) in [5.74, 6) is 1.96. The van der Waals surface area contributed by atoms with Crippen LogP contribution in [0, 0.1) is 6.92 Å². The lowest BCUT2D eigenvalue weighted by Gasteiger charge is -2.41. The highest BCUT2D eigenvalue weighted by Gasteiger charge is 2.33. The molecule has 9 heteroatoms. The van der Waals surface area contributed by atoms with Gasteiger partial charge in [0.25, 0.3) is 0 Å². The summed E-state index contributed by atoms with van der Waals surface area (Å²) in [5, 5.41) is 2.08. The summed E-state index contributed by atoms with van der Waals surface area (Å²) in [6, 6.07) is 7.47. The van der Waals surface area contributed by atoms with Crippen molar-refractivity contribution in [2.24, 2.45) is 0 Å². The number of hydrazine groups is 1. The number of anilines is 2. The van der Waals surface area contributed by atoms with Gasteiger partial charge in [-0.3, -0.25) is 4.79 Å². The first-order chi connectivity index (χ1) is 15.4. The van der Waals surface area contributed by atoms with E-state index in [1.807, 2.05) is 36.4 Å². The third-order valence-electron chi connectivity index (χ3n) is 5.68. The number of carbonyl (C=O) groups is 1. The fourth-order valence-corrected chi connectivity index (χ4v) is 4.31. The molecule has 2 heterocycles. The number of thioether (sulfide) groups is 1. The summed E-state index contributed by atoms with van der Waals surface area (Å²) in [4.78, 5) is 19.6. The van der Waals surface area contributed by atoms with E-state index < -0.39 is 0 Å². The molecule has 3 rings (SSSR count). The van der Waals surface area contributed by atoms with Crippen LogP contribution in [0.1, 0.15) is 18.2 Å². The number of piperazine rings is 1. The number of hydrogen-bond donors (Lipinski definition) is 1. The summed E-state index contributed by atoms with van der Waals surface area (Å²) in [6.07, 6.45) is 2.69. The van der Waals surface area contributed by atoms with Crippen molar-refractivity contribution in [2.75, 3.05) is 57.5 Å². The molecule has 1 saturated heterocycles. The molecule has 1 N–H and O–H groups in total. The minimum atomic E-state index is -0.355. The second kappa shape index (κ2) is 10.8. The van der Waals surface area contributed by atoms with Gasteiger partial charge < -0.3 is 24.5 Å². The number of pyridine rings is 1. The molecule has 0 bridgehead atoms. The molecule has 0 radical (unpaired) electrons. The molecular formula is C23H32N4O4S. The summed E-state index contributed by atoms with van der Waals surface area (Å²) < 4.78 is 16.3. The molecule has 0 aliphatic carbocycles. The highest BCUT2D eigenvalue weighted by molar-refractivity contribution is 8.13. The Morgan fingerprint density at radius 1 is 1.12 bits per heavy atom. The molecule has 1 aromatic heterocycles. The van der Waals surface area contributed by atoms with E-state index in [0.717, 1.165) is 47.1 Å². The number of benzene rings is 1. The summed E-state index contributed by atoms with van der Waals surface area (Å²) in [5.41, 5.74) is 7.24. The molecule has 1 aromatic carbocycles. The summed E-state index contributed by atoms with van der Waals surface area (Å²) in [7, 11) is 4.87. The predicted molar refractivity (Wildman–Crippen MR) is 129 cm³/mol. The predicted octanol–water partition coefficient (Wildman–Crippen LogP) is 3.39. The van der Waals surface area contributed by atoms with E-state index in [0.29, 0.717) is 19.0 Å². The lowest BCUT2D eigenvalue weighted by molar-refractivity contribution is -0.115. The van der Waals surface area contributed by atoms with Crippen LogP contribution in [0.5, 0.6) is 17.4 Å². The standard InChI is InChI=1S/C23H32N4O4S/c1-7-16-10-20(22(31-5)24-15(16)2)25-27-9-8-26(14-21(27)23(28)32-6)17-11-18(29-3)13-19(12-17)30-4/h10-13,21,25H,7-9,14H2,1-6H3. The van der Waals surface area contributed by atoms with Crippen LogP contribution in [0.2, 0.25) is 0 Å². The first-order valence-corrected chi connectivity index (χ1v) is 11.8. The van der Waals surface area contributed by atoms with Crippen molar-refractivity contribution in [3.8, 4) is 17.4 Å². The Kier molecular flexibility index (Phi) is 8.09. The van der Waals surface area contributed by atoms with Crippen LogP contribution in [0.15, 0.2) is 24.3 Å². The average Bonchev–Trinajstić information content (AvgIpc) is 2.83. The number of aryl methyl sites for hydroxylation is 2. The minimum Gasteiger partial charge on any atom is -0.497 e. The van der Waals surface area contributed by atoms with Gasteiger partial charge in [0.2, 0.25) is 11.0 Å². The number of nitrogens with zero attached hydrogens (tertiary/aromatic N) is 3. The van der Waals surface area contributed by atoms with Gasteiger partial charge in [-0.15, -0.1) is 0 Å². The van der Waals surface area contributed by atoms with Crippen molar-refractivity contribution in [1.29, 1.82) is 0 Å². The van der Waals surface area contributed by atoms with E-state index in [2.05, 4.69) is 28.3 Å². The van der Waals surface area contributed by atoms with E-state index in [9.17, 15) is 4.79 Å². The number of methoxy groups -OCH3 is 3. The van der Waals surface area contributed by atoms with Gasteiger partial charge in [-0.1, -0.05) is 18.7 Å². The molecule has 174 valence electrons. The quantitative estimate of drug-likeness (QED) is 0.638. The van der Waals surface area contributed by atoms with E-state index in [1.54, 1.807) is 21.3 Å². The lowest BCUT2D eigenvalue weighted by Crippen LogP contribution is -2.58. The third-order valence-corrected chi connectivity index (χ3v) is 6.35. The molecule has 1 fully saturated rings. The Morgan fingerprint density at radius 3 is 2.38 bits per heavy atom. The van der Waals surface area contributed by atoms with Gasteiger partial charge in [-0.2, -0.15) is 0 Å². The zero-order chi connectivity index (χ0) is 23.3. The Hall–Kier alpha value is -2.65. The van der Waals surface area contributed by atoms with Crippen LogP contribution >= 0.6 is 11.8 Å². The van der Waals surface area contributed by atoms with Crippen molar-refractivity contribution in [1.82, 2.24) is 9.99 Å². The Labute approximate surface area is 194 Å². The molecule has 32 heavy (non-hydrogen) atoms. The van der Waals surface area contributed by atoms with Crippen LogP contribution in [0.25, 0.3) is 0 Å². The van der Waals surface area contributed by atoms with Gasteiger partial charge in [0.15, 0.2) is 0 Å². The normalized spacial score (nSPS) is 16.6. The molecule has 2 aromatic rings. The topological polar surface area (TPSA) is 76.2 Å². The van der Waals surface area contributed by atoms with E-state index in [-0.39, 0.29) is 11.2 Å². The smallest absolute Gasteiger partial charge is 0.238 e. The van der Waals surface area contributed by atoms with Crippen LogP contribution in [0.3, 0.4) is 0 Å². The first kappa shape index (κ1) is 24.0. The Morgan fingerprint density at radius 2 is 1.81 bits per heavy atom. The number of rotatable bonds is 8. The Bertz CT molecular complexity index is 934. The van der Waals surface area contributed by atoms with Gasteiger partial charge in [0.05, 0.1) is 21.3 Å². The molecule has 8 nitrogen and oxygen atoms in total. The molecule has 1 aliphatic heterocycles. The van der Waals surface area contributed by atoms with Crippen molar-refractivity contribution >= 4 is 28.3 Å². The van der Waals surface area contributed by atoms with Gasteiger partial charge in [-0.25, -0.2) is 9.99 Å². The first-order valence-electron chi connectivity index (χ1n) is 10.6. The maximum absolute atomic E-state index is 12.9. The highest BCUT2D eigenvalue weighted by Crippen LogP contribution is 2.32. The second-order valence-electron chi connectivity index (χ2n) is 7.50. The van der Waals surface area contributed by atoms with Gasteiger partial charge >= 0.3 is 0 Å². The minimum absolute atomic E-state index is 0.0896. The number of aromatic nitrogens is 1. The van der Waals surface area contributed by atoms with E-state index >= 15 is 0 Å². The van der Waals surface area contributed by atoms with Crippen LogP contribution in [0.4, 0.5) is 11.4 Å². The number of hydrogen-bond acceptors (Lipinski definition) is 9. The van der Waals surface area contributed by atoms with Crippen molar-refractivity contribution in [3.63, 3.8) is 0 Å². The van der Waals surface area contributed by atoms with Crippen molar-refractivity contribution in [2.45, 2.75) is 26.3 Å². The third kappa shape index (κ3) is 5.21. The molecular weight excluding hydrogens is 428 g/mol. The molecule has 1 atom stereocenters. The zero-order valence-electron chi connectivity index (χ0n) is 19.6. The zero-order valence-corrected chi connectivity index (χ0v) is 20.4. The number of carbonyl (C=O) groups excluding carboxylic acids is 1. The summed E-state index contributed by atoms with van der Waals surface area (Å²) in [6.45, 7) is 5.97. The Balaban J connectivity index is 1.87. The van der Waals surface area contributed by atoms with Crippen molar-refractivity contribution < 1.29 is 19.0 Å². The summed E-state index contributed by atoms with van der Waals surface area (Å²) >= 11 is 1.23. The average molecular weight is 461 g/mol. The number of nitrogens with one attached hydrogen (secondary N) is 1. The van der Waals surface area contributed by atoms with E-state index in [1.165, 1.54) is 11.8 Å². The maximum atomic E-state index is 12.9.